The van der Waals surface area contributed by atoms with Gasteiger partial charge in [-0.3, -0.25) is 14.4 Å². The molecule has 5 aliphatic rings. The number of rotatable bonds is 4. The van der Waals surface area contributed by atoms with Gasteiger partial charge in [0.05, 0.1) is 38.9 Å². The number of nitrogens with zero attached hydrogens (tertiary/aromatic N) is 2. The van der Waals surface area contributed by atoms with Crippen LogP contribution in [-0.2, 0) is 33.8 Å². The molecule has 0 spiro atoms. The predicted molar refractivity (Wildman–Crippen MR) is 150 cm³/mol. The third kappa shape index (κ3) is 6.93. The highest BCUT2D eigenvalue weighted by molar-refractivity contribution is 5.80. The van der Waals surface area contributed by atoms with Gasteiger partial charge in [-0.15, -0.1) is 0 Å². The Morgan fingerprint density at radius 3 is 2.62 bits per heavy atom. The second-order valence-electron chi connectivity index (χ2n) is 10.3. The number of aryl methyl sites for hydroxylation is 2. The molecule has 0 aliphatic carbocycles. The third-order valence-electron chi connectivity index (χ3n) is 7.22. The van der Waals surface area contributed by atoms with Gasteiger partial charge >= 0.3 is 0 Å². The summed E-state index contributed by atoms with van der Waals surface area (Å²) in [5.74, 6) is 1.71. The number of carbonyl (C=O) groups is 3. The lowest BCUT2D eigenvalue weighted by Gasteiger charge is -2.22. The number of hydrogen-bond donors (Lipinski definition) is 2. The first-order chi connectivity index (χ1) is 20.3. The van der Waals surface area contributed by atoms with Gasteiger partial charge in [0, 0.05) is 37.2 Å². The Labute approximate surface area is 243 Å². The zero-order chi connectivity index (χ0) is 29.6. The maximum absolute atomic E-state index is 13.1. The van der Waals surface area contributed by atoms with Crippen LogP contribution in [0.3, 0.4) is 0 Å². The molecule has 0 unspecified atom stereocenters. The lowest BCUT2D eigenvalue weighted by Crippen LogP contribution is -2.46. The molecule has 2 aromatic carbocycles. The Morgan fingerprint density at radius 2 is 1.86 bits per heavy atom. The van der Waals surface area contributed by atoms with E-state index >= 15 is 0 Å². The summed E-state index contributed by atoms with van der Waals surface area (Å²) in [7, 11) is 3.06. The lowest BCUT2D eigenvalue weighted by atomic mass is 10.1. The van der Waals surface area contributed by atoms with Gasteiger partial charge in [-0.05, 0) is 43.2 Å². The van der Waals surface area contributed by atoms with Gasteiger partial charge in [-0.2, -0.15) is 0 Å². The summed E-state index contributed by atoms with van der Waals surface area (Å²) in [6.45, 7) is 2.28. The maximum Gasteiger partial charge on any atom is 0.258 e. The first-order valence-corrected chi connectivity index (χ1v) is 13.7. The Bertz CT molecular complexity index is 1450. The van der Waals surface area contributed by atoms with Crippen LogP contribution in [0.1, 0.15) is 29.0 Å². The molecule has 1 aromatic heterocycles. The molecule has 1 fully saturated rings. The van der Waals surface area contributed by atoms with Crippen molar-refractivity contribution in [3.63, 3.8) is 0 Å². The fourth-order valence-electron chi connectivity index (χ4n) is 5.03. The fourth-order valence-corrected chi connectivity index (χ4v) is 5.03. The van der Waals surface area contributed by atoms with E-state index in [9.17, 15) is 14.4 Å². The van der Waals surface area contributed by atoms with Crippen molar-refractivity contribution in [3.05, 3.63) is 65.0 Å². The van der Waals surface area contributed by atoms with Crippen LogP contribution in [0.15, 0.2) is 47.0 Å². The molecule has 42 heavy (non-hydrogen) atoms. The molecule has 8 rings (SSSR count). The molecule has 2 N–H and O–H groups in total. The number of amides is 3. The van der Waals surface area contributed by atoms with Crippen molar-refractivity contribution in [2.45, 2.75) is 44.9 Å². The topological polar surface area (TPSA) is 141 Å². The standard InChI is InChI=1S/C30H34N4O8/c1-18-10-22(42-33-18)13-30(37)34-15-23-27(16-34)41-21-7-6-20(25(12-21)38-2)14-31-28(35)9-5-19-4-8-24(26(11-19)39-3)40-17-29(36)32-23/h4,6-8,10-12,23,27H,5,9,13-17H2,1-3H3,(H,31,35)(H,32,36)/t23-,27-/m1/s1. The van der Waals surface area contributed by atoms with Crippen LogP contribution < -0.4 is 29.6 Å². The third-order valence-corrected chi connectivity index (χ3v) is 7.22. The normalized spacial score (nSPS) is 19.3. The monoisotopic (exact) mass is 578 g/mol. The van der Waals surface area contributed by atoms with Crippen LogP contribution in [0.5, 0.6) is 23.0 Å². The molecule has 4 bridgehead atoms. The molecule has 12 heteroatoms. The molecule has 2 atom stereocenters. The average Bonchev–Trinajstić information content (AvgIpc) is 3.58. The Morgan fingerprint density at radius 1 is 1.02 bits per heavy atom. The van der Waals surface area contributed by atoms with Gasteiger partial charge in [-0.25, -0.2) is 0 Å². The van der Waals surface area contributed by atoms with Crippen LogP contribution in [0.25, 0.3) is 0 Å². The number of ether oxygens (including phenoxy) is 4. The fraction of sp³-hybridized carbons (Fsp3) is 0.400. The first-order valence-electron chi connectivity index (χ1n) is 13.7. The lowest BCUT2D eigenvalue weighted by molar-refractivity contribution is -0.130. The van der Waals surface area contributed by atoms with E-state index < -0.39 is 12.1 Å². The highest BCUT2D eigenvalue weighted by atomic mass is 16.5. The second-order valence-corrected chi connectivity index (χ2v) is 10.3. The van der Waals surface area contributed by atoms with Crippen LogP contribution in [0.2, 0.25) is 0 Å². The second kappa shape index (κ2) is 12.8. The van der Waals surface area contributed by atoms with Crippen molar-refractivity contribution >= 4 is 17.7 Å². The minimum Gasteiger partial charge on any atom is -0.496 e. The average molecular weight is 579 g/mol. The van der Waals surface area contributed by atoms with Crippen molar-refractivity contribution in [2.75, 3.05) is 33.9 Å². The minimum absolute atomic E-state index is 0.0430. The van der Waals surface area contributed by atoms with Crippen molar-refractivity contribution in [2.24, 2.45) is 0 Å². The number of methoxy groups -OCH3 is 2. The number of likely N-dealkylation sites (tertiary alicyclic amines) is 1. The summed E-state index contributed by atoms with van der Waals surface area (Å²) < 4.78 is 28.3. The summed E-state index contributed by atoms with van der Waals surface area (Å²) >= 11 is 0. The van der Waals surface area contributed by atoms with E-state index in [0.29, 0.717) is 40.9 Å². The van der Waals surface area contributed by atoms with Gasteiger partial charge in [0.15, 0.2) is 18.1 Å². The molecule has 12 nitrogen and oxygen atoms in total. The first kappa shape index (κ1) is 28.8. The van der Waals surface area contributed by atoms with E-state index in [1.165, 1.54) is 7.11 Å². The van der Waals surface area contributed by atoms with E-state index in [4.69, 9.17) is 23.5 Å². The van der Waals surface area contributed by atoms with E-state index in [-0.39, 0.29) is 56.8 Å². The van der Waals surface area contributed by atoms with Gasteiger partial charge in [0.25, 0.3) is 5.91 Å². The molecule has 0 radical (unpaired) electrons. The van der Waals surface area contributed by atoms with Crippen molar-refractivity contribution in [1.29, 1.82) is 0 Å². The molecule has 5 aliphatic heterocycles. The van der Waals surface area contributed by atoms with Crippen molar-refractivity contribution in [3.8, 4) is 23.0 Å². The predicted octanol–water partition coefficient (Wildman–Crippen LogP) is 1.96. The summed E-state index contributed by atoms with van der Waals surface area (Å²) in [5, 5.41) is 9.75. The SMILES string of the molecule is COc1cc2ccc1CNC(=O)CCc1ccc(c(OC)c1)OCC(=O)N[C@@H]1CN(C(=O)Cc3cc(C)no3)C[C@H]1O2. The zero-order valence-electron chi connectivity index (χ0n) is 23.8. The van der Waals surface area contributed by atoms with Crippen LogP contribution in [0, 0.1) is 6.92 Å². The molecule has 3 amide bonds. The molecule has 1 saturated heterocycles. The quantitative estimate of drug-likeness (QED) is 0.475. The van der Waals surface area contributed by atoms with E-state index in [2.05, 4.69) is 15.8 Å². The largest absolute Gasteiger partial charge is 0.496 e. The summed E-state index contributed by atoms with van der Waals surface area (Å²) in [4.78, 5) is 40.3. The zero-order valence-corrected chi connectivity index (χ0v) is 23.8. The van der Waals surface area contributed by atoms with Crippen LogP contribution in [0.4, 0.5) is 0 Å². The van der Waals surface area contributed by atoms with Gasteiger partial charge in [0.1, 0.15) is 23.4 Å². The van der Waals surface area contributed by atoms with Gasteiger partial charge < -0.3 is 39.0 Å². The molecular formula is C30H34N4O8. The van der Waals surface area contributed by atoms with E-state index in [1.54, 1.807) is 49.3 Å². The summed E-state index contributed by atoms with van der Waals surface area (Å²) in [5.41, 5.74) is 2.37. The van der Waals surface area contributed by atoms with E-state index in [1.807, 2.05) is 12.1 Å². The Hall–Kier alpha value is -4.74. The molecule has 222 valence electrons. The highest BCUT2D eigenvalue weighted by Crippen LogP contribution is 2.30. The van der Waals surface area contributed by atoms with E-state index in [0.717, 1.165) is 11.1 Å². The Kier molecular flexibility index (Phi) is 8.80. The highest BCUT2D eigenvalue weighted by Gasteiger charge is 2.38. The van der Waals surface area contributed by atoms with Crippen LogP contribution >= 0.6 is 0 Å². The number of hydrogen-bond acceptors (Lipinski definition) is 9. The maximum atomic E-state index is 13.1. The van der Waals surface area contributed by atoms with Crippen molar-refractivity contribution < 1.29 is 37.9 Å². The molecule has 0 saturated carbocycles. The minimum atomic E-state index is -0.552. The number of benzene rings is 2. The molecular weight excluding hydrogens is 544 g/mol. The van der Waals surface area contributed by atoms with Gasteiger partial charge in [0.2, 0.25) is 11.8 Å². The van der Waals surface area contributed by atoms with Crippen molar-refractivity contribution in [1.82, 2.24) is 20.7 Å². The number of nitrogens with one attached hydrogen (secondary N) is 2. The number of aromatic nitrogens is 1. The Balaban J connectivity index is 1.39. The number of carbonyl (C=O) groups excluding carboxylic acids is 3. The summed E-state index contributed by atoms with van der Waals surface area (Å²) in [6, 6.07) is 11.9. The van der Waals surface area contributed by atoms with Crippen LogP contribution in [-0.4, -0.2) is 73.8 Å². The summed E-state index contributed by atoms with van der Waals surface area (Å²) in [6.07, 6.45) is 0.274. The smallest absolute Gasteiger partial charge is 0.258 e. The molecule has 3 aromatic rings. The van der Waals surface area contributed by atoms with Gasteiger partial charge in [-0.1, -0.05) is 11.2 Å². The molecule has 6 heterocycles.